The molecular formula is C56H80B2Br2O8. The van der Waals surface area contributed by atoms with Gasteiger partial charge in [0.15, 0.2) is 0 Å². The van der Waals surface area contributed by atoms with E-state index in [1.807, 2.05) is 0 Å². The average molecular weight is 1060 g/mol. The summed E-state index contributed by atoms with van der Waals surface area (Å²) >= 11 is 7.97. The number of hydrogen-bond acceptors (Lipinski definition) is 8. The number of halogens is 2. The highest BCUT2D eigenvalue weighted by Gasteiger charge is 2.29. The van der Waals surface area contributed by atoms with E-state index in [-0.39, 0.29) is 0 Å². The molecule has 0 saturated heterocycles. The summed E-state index contributed by atoms with van der Waals surface area (Å²) in [6, 6.07) is 17.7. The molecule has 1 aliphatic rings. The Labute approximate surface area is 428 Å². The summed E-state index contributed by atoms with van der Waals surface area (Å²) in [5, 5.41) is 0. The lowest BCUT2D eigenvalue weighted by atomic mass is 9.75. The smallest absolute Gasteiger partial charge is 0.493 e. The predicted molar refractivity (Wildman–Crippen MR) is 290 cm³/mol. The van der Waals surface area contributed by atoms with Gasteiger partial charge in [0, 0.05) is 85.3 Å². The van der Waals surface area contributed by atoms with Crippen LogP contribution in [-0.4, -0.2) is 69.1 Å². The first-order valence-corrected chi connectivity index (χ1v) is 27.4. The fourth-order valence-electron chi connectivity index (χ4n) is 9.42. The summed E-state index contributed by atoms with van der Waals surface area (Å²) in [7, 11) is 5.66. The maximum absolute atomic E-state index is 7.04. The van der Waals surface area contributed by atoms with Crippen LogP contribution in [0.4, 0.5) is 0 Å². The van der Waals surface area contributed by atoms with Crippen molar-refractivity contribution in [3.05, 3.63) is 102 Å². The van der Waals surface area contributed by atoms with E-state index >= 15 is 0 Å². The molecule has 8 nitrogen and oxygen atoms in total. The highest BCUT2D eigenvalue weighted by atomic mass is 79.9. The topological polar surface area (TPSA) is 73.8 Å². The van der Waals surface area contributed by atoms with Gasteiger partial charge < -0.3 is 37.6 Å². The maximum atomic E-state index is 7.04. The van der Waals surface area contributed by atoms with Crippen LogP contribution in [0.25, 0.3) is 0 Å². The Morgan fingerprint density at radius 1 is 0.338 bits per heavy atom. The number of ether oxygens (including phenoxy) is 4. The molecule has 5 rings (SSSR count). The lowest BCUT2D eigenvalue weighted by molar-refractivity contribution is 0.290. The zero-order valence-electron chi connectivity index (χ0n) is 42.8. The molecule has 4 aromatic carbocycles. The maximum Gasteiger partial charge on any atom is 0.493 e. The molecule has 0 spiro atoms. The molecule has 0 saturated carbocycles. The van der Waals surface area contributed by atoms with Crippen LogP contribution >= 0.6 is 31.9 Å². The van der Waals surface area contributed by atoms with Gasteiger partial charge in [-0.15, -0.1) is 0 Å². The van der Waals surface area contributed by atoms with Crippen molar-refractivity contribution in [3.63, 3.8) is 0 Å². The lowest BCUT2D eigenvalue weighted by Gasteiger charge is -2.25. The zero-order valence-corrected chi connectivity index (χ0v) is 45.9. The first-order valence-electron chi connectivity index (χ1n) is 25.8. The highest BCUT2D eigenvalue weighted by Crippen LogP contribution is 2.41. The molecule has 68 heavy (non-hydrogen) atoms. The van der Waals surface area contributed by atoms with Crippen LogP contribution in [0.5, 0.6) is 23.0 Å². The van der Waals surface area contributed by atoms with Gasteiger partial charge in [-0.1, -0.05) is 161 Å². The summed E-state index contributed by atoms with van der Waals surface area (Å²) < 4.78 is 54.0. The molecule has 0 aliphatic heterocycles. The molecule has 0 atom stereocenters. The van der Waals surface area contributed by atoms with Crippen molar-refractivity contribution >= 4 is 57.0 Å². The van der Waals surface area contributed by atoms with Crippen molar-refractivity contribution in [3.8, 4) is 23.0 Å². The van der Waals surface area contributed by atoms with Crippen LogP contribution in [0, 0.1) is 0 Å². The minimum Gasteiger partial charge on any atom is -0.493 e. The van der Waals surface area contributed by atoms with Gasteiger partial charge in [-0.3, -0.25) is 0 Å². The van der Waals surface area contributed by atoms with Crippen molar-refractivity contribution in [1.29, 1.82) is 0 Å². The second-order valence-electron chi connectivity index (χ2n) is 18.4. The summed E-state index contributed by atoms with van der Waals surface area (Å²) in [5.41, 5.74) is 10.4. The number of hydrogen-bond donors (Lipinski definition) is 0. The Morgan fingerprint density at radius 3 is 0.765 bits per heavy atom. The van der Waals surface area contributed by atoms with E-state index in [9.17, 15) is 0 Å². The molecule has 0 unspecified atom stereocenters. The van der Waals surface area contributed by atoms with Gasteiger partial charge in [0.25, 0.3) is 0 Å². The Balaban J connectivity index is 1.86. The fourth-order valence-corrected chi connectivity index (χ4v) is 10.5. The van der Waals surface area contributed by atoms with Crippen molar-refractivity contribution in [1.82, 2.24) is 0 Å². The number of rotatable bonds is 30. The molecule has 8 bridgehead atoms. The Kier molecular flexibility index (Phi) is 25.2. The molecule has 12 heteroatoms. The van der Waals surface area contributed by atoms with E-state index in [0.29, 0.717) is 52.1 Å². The van der Waals surface area contributed by atoms with E-state index < -0.39 is 14.2 Å². The van der Waals surface area contributed by atoms with Gasteiger partial charge >= 0.3 is 14.2 Å². The summed E-state index contributed by atoms with van der Waals surface area (Å²) in [4.78, 5) is 0. The second kappa shape index (κ2) is 30.7. The number of unbranched alkanes of at least 4 members (excludes halogenated alkanes) is 12. The first-order chi connectivity index (χ1) is 33.2. The van der Waals surface area contributed by atoms with Crippen LogP contribution in [0.15, 0.2) is 57.5 Å². The van der Waals surface area contributed by atoms with Crippen molar-refractivity contribution in [2.24, 2.45) is 0 Å². The van der Waals surface area contributed by atoms with Crippen LogP contribution in [0.3, 0.4) is 0 Å². The number of benzene rings is 4. The molecule has 1 aliphatic carbocycles. The zero-order chi connectivity index (χ0) is 48.7. The van der Waals surface area contributed by atoms with E-state index in [2.05, 4.69) is 108 Å². The number of fused-ring (bicyclic) bond motifs is 8. The summed E-state index contributed by atoms with van der Waals surface area (Å²) in [5.74, 6) is 3.59. The predicted octanol–water partition coefficient (Wildman–Crippen LogP) is 13.7. The Hall–Kier alpha value is -2.99. The van der Waals surface area contributed by atoms with Crippen LogP contribution < -0.4 is 29.9 Å². The van der Waals surface area contributed by atoms with Crippen molar-refractivity contribution in [2.75, 3.05) is 54.9 Å². The first kappa shape index (κ1) is 55.9. The van der Waals surface area contributed by atoms with Gasteiger partial charge in [0.05, 0.1) is 26.4 Å². The minimum absolute atomic E-state index is 0.564. The highest BCUT2D eigenvalue weighted by molar-refractivity contribution is 9.10. The van der Waals surface area contributed by atoms with Gasteiger partial charge in [-0.25, -0.2) is 0 Å². The van der Waals surface area contributed by atoms with Crippen LogP contribution in [0.1, 0.15) is 175 Å². The van der Waals surface area contributed by atoms with E-state index in [4.69, 9.17) is 37.6 Å². The van der Waals surface area contributed by atoms with E-state index in [1.165, 1.54) is 25.7 Å². The summed E-state index contributed by atoms with van der Waals surface area (Å²) in [6.07, 6.45) is 20.0. The molecule has 0 fully saturated rings. The van der Waals surface area contributed by atoms with E-state index in [1.54, 1.807) is 28.4 Å². The van der Waals surface area contributed by atoms with Gasteiger partial charge in [0.1, 0.15) is 23.0 Å². The Bertz CT molecular complexity index is 1880. The van der Waals surface area contributed by atoms with Gasteiger partial charge in [0.2, 0.25) is 0 Å². The van der Waals surface area contributed by atoms with Crippen LogP contribution in [0.2, 0.25) is 0 Å². The molecule has 4 aromatic rings. The average Bonchev–Trinajstić information content (AvgIpc) is 3.32. The normalized spacial score (nSPS) is 12.3. The minimum atomic E-state index is -0.570. The molecular weight excluding hydrogens is 982 g/mol. The molecule has 0 N–H and O–H groups in total. The van der Waals surface area contributed by atoms with E-state index in [0.717, 1.165) is 164 Å². The third-order valence-corrected chi connectivity index (χ3v) is 13.8. The standard InChI is InChI=1S/C56H80B2Br2O8/c1-9-13-17-21-25-65-53-41-29-45-37-51(59)39-47(55(45)67-27-23-19-15-11-3)31-43-35-50(58(63-7)64-8)36-44(54(43)66-26-22-18-14-10-2)32-48-40-52(60)38-46(56(48)68-28-24-20-16-12-4)30-42(53)34-49(33-41)57(61-5)62-6/h33-40H,9-32H2,1-8H3. The van der Waals surface area contributed by atoms with Crippen molar-refractivity contribution < 1.29 is 37.6 Å². The van der Waals surface area contributed by atoms with Crippen LogP contribution in [-0.2, 0) is 44.3 Å². The van der Waals surface area contributed by atoms with Gasteiger partial charge in [-0.2, -0.15) is 0 Å². The van der Waals surface area contributed by atoms with Gasteiger partial charge in [-0.05, 0) is 83.1 Å². The third-order valence-electron chi connectivity index (χ3n) is 12.8. The molecule has 0 heterocycles. The SMILES string of the molecule is CCCCCCOc1c2cc(Br)cc1Cc1cc(B(OC)OC)cc(c1OCCCCCC)Cc1cc(Br)cc(c1OCCCCCC)Cc1cc(B(OC)OC)cc(c1OCCCCCC)C2. The third kappa shape index (κ3) is 16.5. The molecule has 372 valence electrons. The Morgan fingerprint density at radius 2 is 0.559 bits per heavy atom. The lowest BCUT2D eigenvalue weighted by Crippen LogP contribution is -2.35. The largest absolute Gasteiger partial charge is 0.493 e. The molecule has 0 amide bonds. The quantitative estimate of drug-likeness (QED) is 0.0333. The molecule has 0 aromatic heterocycles. The van der Waals surface area contributed by atoms with Crippen molar-refractivity contribution in [2.45, 2.75) is 156 Å². The molecule has 0 radical (unpaired) electrons. The summed E-state index contributed by atoms with van der Waals surface area (Å²) in [6.45, 7) is 11.5. The fraction of sp³-hybridized carbons (Fsp3) is 0.571. The second-order valence-corrected chi connectivity index (χ2v) is 20.2. The monoisotopic (exact) mass is 1060 g/mol.